The second-order valence-corrected chi connectivity index (χ2v) is 8.92. The maximum atomic E-state index is 11.9. The Hall–Kier alpha value is -5.76. The van der Waals surface area contributed by atoms with Crippen molar-refractivity contribution in [2.75, 3.05) is 14.2 Å². The van der Waals surface area contributed by atoms with Crippen LogP contribution in [0.5, 0.6) is 11.5 Å². The third-order valence-electron chi connectivity index (χ3n) is 6.13. The van der Waals surface area contributed by atoms with Crippen LogP contribution in [0.4, 0.5) is 0 Å². The number of methoxy groups -OCH3 is 2. The van der Waals surface area contributed by atoms with Crippen molar-refractivity contribution >= 4 is 46.2 Å². The molecule has 0 aliphatic carbocycles. The Morgan fingerprint density at radius 1 is 0.548 bits per heavy atom. The largest absolute Gasteiger partial charge is 0.497 e. The van der Waals surface area contributed by atoms with Gasteiger partial charge in [-0.05, 0) is 71.8 Å². The second-order valence-electron chi connectivity index (χ2n) is 8.92. The highest BCUT2D eigenvalue weighted by Gasteiger charge is 2.04. The van der Waals surface area contributed by atoms with E-state index in [1.807, 2.05) is 72.8 Å². The van der Waals surface area contributed by atoms with Crippen LogP contribution in [-0.2, 0) is 0 Å². The third kappa shape index (κ3) is 6.86. The van der Waals surface area contributed by atoms with Crippen molar-refractivity contribution in [1.82, 2.24) is 9.97 Å². The van der Waals surface area contributed by atoms with Gasteiger partial charge < -0.3 is 18.3 Å². The first-order chi connectivity index (χ1) is 20.5. The molecule has 0 unspecified atom stereocenters. The molecule has 2 heterocycles. The van der Waals surface area contributed by atoms with Gasteiger partial charge in [-0.3, -0.25) is 9.59 Å². The average Bonchev–Trinajstić information content (AvgIpc) is 3.03. The normalized spacial score (nSPS) is 11.1. The van der Waals surface area contributed by atoms with E-state index in [1.165, 1.54) is 0 Å². The van der Waals surface area contributed by atoms with Gasteiger partial charge in [0.2, 0.25) is 11.8 Å². The Morgan fingerprint density at radius 3 is 1.62 bits per heavy atom. The molecule has 42 heavy (non-hydrogen) atoms. The second kappa shape index (κ2) is 13.1. The van der Waals surface area contributed by atoms with Gasteiger partial charge in [0.05, 0.1) is 25.0 Å². The minimum Gasteiger partial charge on any atom is -0.497 e. The summed E-state index contributed by atoms with van der Waals surface area (Å²) in [6, 6.07) is 29.2. The zero-order valence-electron chi connectivity index (χ0n) is 22.9. The molecule has 0 aliphatic heterocycles. The fourth-order valence-electron chi connectivity index (χ4n) is 3.99. The van der Waals surface area contributed by atoms with Crippen LogP contribution < -0.4 is 20.6 Å². The number of hydrogen-bond acceptors (Lipinski definition) is 8. The monoisotopic (exact) mass is 558 g/mol. The van der Waals surface area contributed by atoms with Gasteiger partial charge in [-0.25, -0.2) is 0 Å². The average molecular weight is 559 g/mol. The van der Waals surface area contributed by atoms with Crippen LogP contribution in [0.2, 0.25) is 0 Å². The standard InChI is InChI=1S/2C17H13NO3/c1-20-13-6-4-5-12(11-13)9-10-16-18-17(19)14-7-2-3-8-15(14)21-16;1-20-13-9-6-12(7-10-13)8-11-16-18-17(19)14-4-2-3-5-15(14)21-16/h2*2-11H,1H3/b10-9+;11-8+. The zero-order chi connectivity index (χ0) is 29.3. The summed E-state index contributed by atoms with van der Waals surface area (Å²) in [6.07, 6.45) is 7.00. The van der Waals surface area contributed by atoms with Crippen molar-refractivity contribution in [3.05, 3.63) is 141 Å². The van der Waals surface area contributed by atoms with Crippen LogP contribution >= 0.6 is 0 Å². The Balaban J connectivity index is 0.000000168. The molecular formula is C34H26N2O6. The van der Waals surface area contributed by atoms with Crippen LogP contribution in [0.15, 0.2) is 115 Å². The van der Waals surface area contributed by atoms with Crippen molar-refractivity contribution in [3.8, 4) is 11.5 Å². The van der Waals surface area contributed by atoms with Gasteiger partial charge in [0.25, 0.3) is 11.1 Å². The molecule has 0 N–H and O–H groups in total. The molecule has 8 heteroatoms. The van der Waals surface area contributed by atoms with Gasteiger partial charge in [0.15, 0.2) is 0 Å². The molecule has 0 saturated heterocycles. The molecule has 208 valence electrons. The van der Waals surface area contributed by atoms with Gasteiger partial charge in [-0.1, -0.05) is 48.5 Å². The summed E-state index contributed by atoms with van der Waals surface area (Å²) in [5.41, 5.74) is 2.39. The Kier molecular flexibility index (Phi) is 8.64. The Bertz CT molecular complexity index is 2010. The molecule has 0 aliphatic rings. The molecule has 4 aromatic carbocycles. The number of benzene rings is 4. The number of hydrogen-bond donors (Lipinski definition) is 0. The van der Waals surface area contributed by atoms with Gasteiger partial charge >= 0.3 is 0 Å². The molecule has 6 rings (SSSR count). The number of rotatable bonds is 6. The van der Waals surface area contributed by atoms with Crippen LogP contribution in [-0.4, -0.2) is 24.2 Å². The van der Waals surface area contributed by atoms with E-state index in [9.17, 15) is 9.59 Å². The molecule has 0 radical (unpaired) electrons. The lowest BCUT2D eigenvalue weighted by atomic mass is 10.2. The van der Waals surface area contributed by atoms with Crippen LogP contribution in [0.25, 0.3) is 46.2 Å². The topological polar surface area (TPSA) is 105 Å². The lowest BCUT2D eigenvalue weighted by Gasteiger charge is -2.00. The molecule has 0 amide bonds. The molecule has 0 fully saturated rings. The highest BCUT2D eigenvalue weighted by molar-refractivity contribution is 5.77. The van der Waals surface area contributed by atoms with Crippen LogP contribution in [0.1, 0.15) is 22.9 Å². The predicted molar refractivity (Wildman–Crippen MR) is 164 cm³/mol. The first kappa shape index (κ1) is 27.8. The molecular weight excluding hydrogens is 532 g/mol. The summed E-state index contributed by atoms with van der Waals surface area (Å²) in [7, 11) is 3.24. The summed E-state index contributed by atoms with van der Waals surface area (Å²) in [5.74, 6) is 2.13. The van der Waals surface area contributed by atoms with Gasteiger partial charge in [0.1, 0.15) is 22.7 Å². The van der Waals surface area contributed by atoms with Crippen molar-refractivity contribution < 1.29 is 18.3 Å². The number of para-hydroxylation sites is 2. The zero-order valence-corrected chi connectivity index (χ0v) is 22.9. The smallest absolute Gasteiger partial charge is 0.284 e. The van der Waals surface area contributed by atoms with E-state index >= 15 is 0 Å². The molecule has 2 aromatic heterocycles. The lowest BCUT2D eigenvalue weighted by molar-refractivity contribution is 0.414. The Labute approximate surface area is 240 Å². The predicted octanol–water partition coefficient (Wildman–Crippen LogP) is 6.73. The molecule has 0 bridgehead atoms. The third-order valence-corrected chi connectivity index (χ3v) is 6.13. The van der Waals surface area contributed by atoms with Gasteiger partial charge in [0, 0.05) is 12.2 Å². The fourth-order valence-corrected chi connectivity index (χ4v) is 3.99. The van der Waals surface area contributed by atoms with Crippen molar-refractivity contribution in [1.29, 1.82) is 0 Å². The minimum absolute atomic E-state index is 0.279. The number of ether oxygens (including phenoxy) is 2. The maximum absolute atomic E-state index is 11.9. The highest BCUT2D eigenvalue weighted by Crippen LogP contribution is 2.17. The number of nitrogens with zero attached hydrogens (tertiary/aromatic N) is 2. The van der Waals surface area contributed by atoms with Crippen LogP contribution in [0.3, 0.4) is 0 Å². The molecule has 6 aromatic rings. The van der Waals surface area contributed by atoms with E-state index in [4.69, 9.17) is 18.3 Å². The van der Waals surface area contributed by atoms with E-state index in [0.29, 0.717) is 21.9 Å². The van der Waals surface area contributed by atoms with E-state index in [1.54, 1.807) is 62.8 Å². The fraction of sp³-hybridized carbons (Fsp3) is 0.0588. The number of fused-ring (bicyclic) bond motifs is 2. The van der Waals surface area contributed by atoms with Crippen LogP contribution in [0, 0.1) is 0 Å². The first-order valence-electron chi connectivity index (χ1n) is 13.0. The van der Waals surface area contributed by atoms with E-state index < -0.39 is 0 Å². The van der Waals surface area contributed by atoms with Crippen molar-refractivity contribution in [3.63, 3.8) is 0 Å². The highest BCUT2D eigenvalue weighted by atomic mass is 16.5. The van der Waals surface area contributed by atoms with Gasteiger partial charge in [-0.2, -0.15) is 9.97 Å². The Morgan fingerprint density at radius 2 is 1.07 bits per heavy atom. The summed E-state index contributed by atoms with van der Waals surface area (Å²) < 4.78 is 21.4. The number of aromatic nitrogens is 2. The summed E-state index contributed by atoms with van der Waals surface area (Å²) in [6.45, 7) is 0. The molecule has 8 nitrogen and oxygen atoms in total. The quantitative estimate of drug-likeness (QED) is 0.222. The lowest BCUT2D eigenvalue weighted by Crippen LogP contribution is -2.06. The first-order valence-corrected chi connectivity index (χ1v) is 13.0. The van der Waals surface area contributed by atoms with E-state index in [2.05, 4.69) is 9.97 Å². The minimum atomic E-state index is -0.290. The molecule has 0 spiro atoms. The summed E-state index contributed by atoms with van der Waals surface area (Å²) >= 11 is 0. The maximum Gasteiger partial charge on any atom is 0.284 e. The van der Waals surface area contributed by atoms with E-state index in [-0.39, 0.29) is 22.9 Å². The van der Waals surface area contributed by atoms with Gasteiger partial charge in [-0.15, -0.1) is 0 Å². The molecule has 0 saturated carbocycles. The molecule has 0 atom stereocenters. The summed E-state index contributed by atoms with van der Waals surface area (Å²) in [5, 5.41) is 0.968. The van der Waals surface area contributed by atoms with Crippen molar-refractivity contribution in [2.45, 2.75) is 0 Å². The summed E-state index contributed by atoms with van der Waals surface area (Å²) in [4.78, 5) is 31.6. The van der Waals surface area contributed by atoms with Crippen molar-refractivity contribution in [2.24, 2.45) is 0 Å². The SMILES string of the molecule is COc1ccc(/C=C/c2nc(=O)c3ccccc3o2)cc1.COc1cccc(/C=C/c2nc(=O)c3ccccc3o2)c1. The van der Waals surface area contributed by atoms with E-state index in [0.717, 1.165) is 22.6 Å².